The minimum atomic E-state index is 0.0123. The average molecular weight is 295 g/mol. The highest BCUT2D eigenvalue weighted by Crippen LogP contribution is 2.21. The molecule has 1 amide bonds. The summed E-state index contributed by atoms with van der Waals surface area (Å²) in [4.78, 5) is 14.1. The molecule has 5 nitrogen and oxygen atoms in total. The van der Waals surface area contributed by atoms with E-state index in [1.807, 2.05) is 30.7 Å². The first-order valence-corrected chi connectivity index (χ1v) is 7.17. The summed E-state index contributed by atoms with van der Waals surface area (Å²) in [6.07, 6.45) is 0.0123. The Labute approximate surface area is 129 Å². The molecule has 112 valence electrons. The molecule has 22 heavy (non-hydrogen) atoms. The molecule has 2 heterocycles. The van der Waals surface area contributed by atoms with Gasteiger partial charge in [-0.1, -0.05) is 0 Å². The van der Waals surface area contributed by atoms with Crippen LogP contribution in [0.3, 0.4) is 0 Å². The van der Waals surface area contributed by atoms with Crippen LogP contribution in [0, 0.1) is 18.3 Å². The monoisotopic (exact) mass is 295 g/mol. The van der Waals surface area contributed by atoms with Crippen molar-refractivity contribution in [2.24, 2.45) is 7.05 Å². The Morgan fingerprint density at radius 2 is 1.91 bits per heavy atom. The lowest BCUT2D eigenvalue weighted by Crippen LogP contribution is -2.56. The minimum absolute atomic E-state index is 0.0123. The van der Waals surface area contributed by atoms with E-state index in [1.54, 1.807) is 29.2 Å². The molecule has 1 saturated heterocycles. The third-order valence-electron chi connectivity index (χ3n) is 4.01. The van der Waals surface area contributed by atoms with E-state index in [0.29, 0.717) is 24.3 Å². The lowest BCUT2D eigenvalue weighted by Gasteiger charge is -2.39. The fourth-order valence-electron chi connectivity index (χ4n) is 2.47. The number of rotatable bonds is 3. The Hall–Kier alpha value is -2.74. The number of hydrogen-bond acceptors (Lipinski definition) is 3. The highest BCUT2D eigenvalue weighted by molar-refractivity contribution is 5.93. The van der Waals surface area contributed by atoms with Gasteiger partial charge in [-0.15, -0.1) is 0 Å². The number of nitrogens with zero attached hydrogens (tertiary/aromatic N) is 3. The van der Waals surface area contributed by atoms with E-state index in [-0.39, 0.29) is 12.0 Å². The topological polar surface area (TPSA) is 58.3 Å². The van der Waals surface area contributed by atoms with Gasteiger partial charge in [0.15, 0.2) is 0 Å². The Balaban J connectivity index is 1.56. The van der Waals surface area contributed by atoms with E-state index >= 15 is 0 Å². The summed E-state index contributed by atoms with van der Waals surface area (Å²) in [7, 11) is 1.90. The van der Waals surface area contributed by atoms with E-state index < -0.39 is 0 Å². The standard InChI is InChI=1S/C17H17N3O2/c1-12-3-8-16(19(12)2)17(21)20-10-15(11-20)22-14-6-4-13(9-18)5-7-14/h3-8,15H,10-11H2,1-2H3. The predicted octanol–water partition coefficient (Wildman–Crippen LogP) is 2.11. The quantitative estimate of drug-likeness (QED) is 0.871. The molecule has 0 bridgehead atoms. The number of carbonyl (C=O) groups is 1. The van der Waals surface area contributed by atoms with Gasteiger partial charge in [0.2, 0.25) is 0 Å². The van der Waals surface area contributed by atoms with Crippen molar-refractivity contribution >= 4 is 5.91 Å². The fourth-order valence-corrected chi connectivity index (χ4v) is 2.47. The molecule has 0 atom stereocenters. The molecule has 1 aliphatic heterocycles. The molecule has 0 spiro atoms. The molecule has 1 aliphatic rings. The predicted molar refractivity (Wildman–Crippen MR) is 81.6 cm³/mol. The number of aryl methyl sites for hydroxylation is 1. The number of amides is 1. The molecule has 0 aliphatic carbocycles. The molecule has 5 heteroatoms. The van der Waals surface area contributed by atoms with Crippen LogP contribution in [0.2, 0.25) is 0 Å². The van der Waals surface area contributed by atoms with Crippen LogP contribution < -0.4 is 4.74 Å². The van der Waals surface area contributed by atoms with Gasteiger partial charge in [-0.2, -0.15) is 5.26 Å². The van der Waals surface area contributed by atoms with E-state index in [1.165, 1.54) is 0 Å². The summed E-state index contributed by atoms with van der Waals surface area (Å²) >= 11 is 0. The third-order valence-corrected chi connectivity index (χ3v) is 4.01. The summed E-state index contributed by atoms with van der Waals surface area (Å²) in [6.45, 7) is 3.15. The second kappa shape index (κ2) is 5.57. The van der Waals surface area contributed by atoms with Crippen molar-refractivity contribution in [3.8, 4) is 11.8 Å². The number of benzene rings is 1. The smallest absolute Gasteiger partial charge is 0.270 e. The van der Waals surface area contributed by atoms with Crippen molar-refractivity contribution < 1.29 is 9.53 Å². The summed E-state index contributed by atoms with van der Waals surface area (Å²) in [5.74, 6) is 0.765. The van der Waals surface area contributed by atoms with E-state index in [4.69, 9.17) is 10.00 Å². The minimum Gasteiger partial charge on any atom is -0.487 e. The highest BCUT2D eigenvalue weighted by Gasteiger charge is 2.33. The molecule has 0 radical (unpaired) electrons. The number of hydrogen-bond donors (Lipinski definition) is 0. The lowest BCUT2D eigenvalue weighted by molar-refractivity contribution is 0.0170. The number of aromatic nitrogens is 1. The maximum absolute atomic E-state index is 12.4. The van der Waals surface area contributed by atoms with Gasteiger partial charge in [-0.3, -0.25) is 4.79 Å². The van der Waals surface area contributed by atoms with Crippen LogP contribution in [0.5, 0.6) is 5.75 Å². The summed E-state index contributed by atoms with van der Waals surface area (Å²) in [5.41, 5.74) is 2.38. The maximum atomic E-state index is 12.4. The van der Waals surface area contributed by atoms with Crippen molar-refractivity contribution in [1.29, 1.82) is 5.26 Å². The van der Waals surface area contributed by atoms with Gasteiger partial charge in [0.1, 0.15) is 17.5 Å². The van der Waals surface area contributed by atoms with Gasteiger partial charge in [-0.05, 0) is 43.3 Å². The van der Waals surface area contributed by atoms with Crippen molar-refractivity contribution in [2.45, 2.75) is 13.0 Å². The largest absolute Gasteiger partial charge is 0.487 e. The maximum Gasteiger partial charge on any atom is 0.270 e. The number of carbonyl (C=O) groups excluding carboxylic acids is 1. The van der Waals surface area contributed by atoms with Crippen LogP contribution in [-0.4, -0.2) is 34.6 Å². The van der Waals surface area contributed by atoms with E-state index in [2.05, 4.69) is 6.07 Å². The van der Waals surface area contributed by atoms with Crippen molar-refractivity contribution in [3.05, 3.63) is 53.3 Å². The molecule has 0 unspecified atom stereocenters. The zero-order chi connectivity index (χ0) is 15.7. The molecule has 1 aromatic heterocycles. The Morgan fingerprint density at radius 3 is 2.45 bits per heavy atom. The summed E-state index contributed by atoms with van der Waals surface area (Å²) < 4.78 is 7.69. The molecule has 0 saturated carbocycles. The molecule has 1 fully saturated rings. The molecule has 3 rings (SSSR count). The molecule has 1 aromatic carbocycles. The van der Waals surface area contributed by atoms with E-state index in [0.717, 1.165) is 11.4 Å². The van der Waals surface area contributed by atoms with Crippen LogP contribution in [0.15, 0.2) is 36.4 Å². The van der Waals surface area contributed by atoms with Crippen LogP contribution in [0.1, 0.15) is 21.7 Å². The van der Waals surface area contributed by atoms with Crippen LogP contribution in [-0.2, 0) is 7.05 Å². The number of nitriles is 1. The molecule has 0 N–H and O–H groups in total. The second-order valence-corrected chi connectivity index (χ2v) is 5.51. The van der Waals surface area contributed by atoms with Crippen molar-refractivity contribution in [2.75, 3.05) is 13.1 Å². The first-order valence-electron chi connectivity index (χ1n) is 7.17. The van der Waals surface area contributed by atoms with Gasteiger partial charge in [0.05, 0.1) is 24.7 Å². The van der Waals surface area contributed by atoms with Gasteiger partial charge in [0.25, 0.3) is 5.91 Å². The Morgan fingerprint density at radius 1 is 1.23 bits per heavy atom. The van der Waals surface area contributed by atoms with Gasteiger partial charge in [-0.25, -0.2) is 0 Å². The zero-order valence-electron chi connectivity index (χ0n) is 12.6. The van der Waals surface area contributed by atoms with Crippen molar-refractivity contribution in [3.63, 3.8) is 0 Å². The van der Waals surface area contributed by atoms with Crippen LogP contribution >= 0.6 is 0 Å². The van der Waals surface area contributed by atoms with Gasteiger partial charge < -0.3 is 14.2 Å². The normalized spacial score (nSPS) is 14.3. The molecule has 2 aromatic rings. The second-order valence-electron chi connectivity index (χ2n) is 5.51. The first kappa shape index (κ1) is 14.2. The lowest BCUT2D eigenvalue weighted by atomic mass is 10.1. The summed E-state index contributed by atoms with van der Waals surface area (Å²) in [6, 6.07) is 12.9. The van der Waals surface area contributed by atoms with Crippen molar-refractivity contribution in [1.82, 2.24) is 9.47 Å². The third kappa shape index (κ3) is 2.56. The molecular formula is C17H17N3O2. The molecular weight excluding hydrogens is 278 g/mol. The highest BCUT2D eigenvalue weighted by atomic mass is 16.5. The SMILES string of the molecule is Cc1ccc(C(=O)N2CC(Oc3ccc(C#N)cc3)C2)n1C. The Kier molecular flexibility index (Phi) is 3.60. The first-order chi connectivity index (χ1) is 10.6. The van der Waals surface area contributed by atoms with Gasteiger partial charge >= 0.3 is 0 Å². The van der Waals surface area contributed by atoms with Crippen LogP contribution in [0.4, 0.5) is 0 Å². The summed E-state index contributed by atoms with van der Waals surface area (Å²) in [5, 5.41) is 8.76. The number of ether oxygens (including phenoxy) is 1. The van der Waals surface area contributed by atoms with Crippen LogP contribution in [0.25, 0.3) is 0 Å². The Bertz CT molecular complexity index is 734. The zero-order valence-corrected chi connectivity index (χ0v) is 12.6. The van der Waals surface area contributed by atoms with E-state index in [9.17, 15) is 4.79 Å². The van der Waals surface area contributed by atoms with Gasteiger partial charge in [0, 0.05) is 12.7 Å². The fraction of sp³-hybridized carbons (Fsp3) is 0.294. The number of likely N-dealkylation sites (tertiary alicyclic amines) is 1. The average Bonchev–Trinajstić information content (AvgIpc) is 2.82.